The van der Waals surface area contributed by atoms with Crippen LogP contribution in [0.1, 0.15) is 39.2 Å². The fourth-order valence-corrected chi connectivity index (χ4v) is 2.89. The van der Waals surface area contributed by atoms with Crippen LogP contribution in [0.4, 0.5) is 0 Å². The van der Waals surface area contributed by atoms with Crippen LogP contribution in [0.3, 0.4) is 0 Å². The van der Waals surface area contributed by atoms with Gasteiger partial charge in [0, 0.05) is 17.0 Å². The maximum Gasteiger partial charge on any atom is 0.115 e. The van der Waals surface area contributed by atoms with Gasteiger partial charge in [-0.25, -0.2) is 0 Å². The summed E-state index contributed by atoms with van der Waals surface area (Å²) in [6.45, 7) is 7.81. The van der Waals surface area contributed by atoms with Crippen LogP contribution in [-0.2, 0) is 6.42 Å². The van der Waals surface area contributed by atoms with E-state index < -0.39 is 0 Å². The number of aromatic hydroxyl groups is 1. The van der Waals surface area contributed by atoms with Crippen LogP contribution in [0.25, 0.3) is 0 Å². The van der Waals surface area contributed by atoms with Crippen LogP contribution in [0.15, 0.2) is 24.3 Å². The van der Waals surface area contributed by atoms with Gasteiger partial charge in [-0.3, -0.25) is 0 Å². The molecule has 2 unspecified atom stereocenters. The Morgan fingerprint density at radius 1 is 1.21 bits per heavy atom. The van der Waals surface area contributed by atoms with E-state index in [0.717, 1.165) is 24.0 Å². The van der Waals surface area contributed by atoms with Gasteiger partial charge in [-0.2, -0.15) is 11.8 Å². The summed E-state index contributed by atoms with van der Waals surface area (Å²) in [5, 5.41) is 13.7. The molecule has 0 amide bonds. The Balaban J connectivity index is 2.50. The average molecular weight is 281 g/mol. The lowest BCUT2D eigenvalue weighted by molar-refractivity contribution is 0.474. The molecule has 0 spiro atoms. The quantitative estimate of drug-likeness (QED) is 0.721. The van der Waals surface area contributed by atoms with Gasteiger partial charge < -0.3 is 10.4 Å². The first-order chi connectivity index (χ1) is 9.15. The maximum absolute atomic E-state index is 9.32. The van der Waals surface area contributed by atoms with Crippen molar-refractivity contribution in [3.8, 4) is 5.75 Å². The minimum atomic E-state index is 0.343. The highest BCUT2D eigenvalue weighted by Crippen LogP contribution is 2.17. The zero-order valence-electron chi connectivity index (χ0n) is 12.4. The van der Waals surface area contributed by atoms with Gasteiger partial charge in [0.2, 0.25) is 0 Å². The fourth-order valence-electron chi connectivity index (χ4n) is 1.85. The molecule has 1 aromatic carbocycles. The molecule has 0 radical (unpaired) electrons. The molecule has 0 aromatic heterocycles. The van der Waals surface area contributed by atoms with E-state index in [-0.39, 0.29) is 0 Å². The Morgan fingerprint density at radius 2 is 1.89 bits per heavy atom. The lowest BCUT2D eigenvalue weighted by atomic mass is 10.1. The van der Waals surface area contributed by atoms with Crippen molar-refractivity contribution in [3.05, 3.63) is 29.8 Å². The van der Waals surface area contributed by atoms with E-state index in [4.69, 9.17) is 0 Å². The summed E-state index contributed by atoms with van der Waals surface area (Å²) in [4.78, 5) is 0. The van der Waals surface area contributed by atoms with Gasteiger partial charge in [0.25, 0.3) is 0 Å². The van der Waals surface area contributed by atoms with Crippen molar-refractivity contribution in [1.82, 2.24) is 5.32 Å². The molecule has 108 valence electrons. The monoisotopic (exact) mass is 281 g/mol. The number of phenols is 1. The highest BCUT2D eigenvalue weighted by molar-refractivity contribution is 7.99. The van der Waals surface area contributed by atoms with Crippen LogP contribution in [-0.4, -0.2) is 28.7 Å². The topological polar surface area (TPSA) is 32.3 Å². The van der Waals surface area contributed by atoms with Crippen molar-refractivity contribution < 1.29 is 5.11 Å². The van der Waals surface area contributed by atoms with Gasteiger partial charge in [-0.15, -0.1) is 0 Å². The first-order valence-electron chi connectivity index (χ1n) is 7.28. The van der Waals surface area contributed by atoms with E-state index in [0.29, 0.717) is 11.8 Å². The molecule has 3 heteroatoms. The molecular formula is C16H27NOS. The van der Waals surface area contributed by atoms with Crippen molar-refractivity contribution in [2.75, 3.05) is 12.3 Å². The number of phenolic OH excluding ortho intramolecular Hbond substituents is 1. The second-order valence-electron chi connectivity index (χ2n) is 5.07. The van der Waals surface area contributed by atoms with Crippen LogP contribution in [0.2, 0.25) is 0 Å². The Kier molecular flexibility index (Phi) is 7.99. The third-order valence-electron chi connectivity index (χ3n) is 3.26. The minimum Gasteiger partial charge on any atom is -0.508 e. The van der Waals surface area contributed by atoms with Gasteiger partial charge in [0.1, 0.15) is 5.75 Å². The SMILES string of the molecule is CCCNC(CSC(C)CC)Cc1ccc(O)cc1. The van der Waals surface area contributed by atoms with Gasteiger partial charge in [-0.05, 0) is 43.5 Å². The third-order valence-corrected chi connectivity index (χ3v) is 4.76. The van der Waals surface area contributed by atoms with Gasteiger partial charge in [-0.1, -0.05) is 32.9 Å². The van der Waals surface area contributed by atoms with Crippen LogP contribution in [0.5, 0.6) is 5.75 Å². The number of rotatable bonds is 9. The molecule has 0 aliphatic heterocycles. The lowest BCUT2D eigenvalue weighted by Gasteiger charge is -2.20. The van der Waals surface area contributed by atoms with Crippen molar-refractivity contribution >= 4 is 11.8 Å². The molecule has 2 nitrogen and oxygen atoms in total. The molecule has 0 saturated heterocycles. The van der Waals surface area contributed by atoms with E-state index in [1.54, 1.807) is 12.1 Å². The van der Waals surface area contributed by atoms with E-state index in [1.165, 1.54) is 18.4 Å². The van der Waals surface area contributed by atoms with Crippen LogP contribution < -0.4 is 5.32 Å². The largest absolute Gasteiger partial charge is 0.508 e. The lowest BCUT2D eigenvalue weighted by Crippen LogP contribution is -2.34. The number of thioether (sulfide) groups is 1. The van der Waals surface area contributed by atoms with E-state index in [2.05, 4.69) is 26.1 Å². The van der Waals surface area contributed by atoms with Gasteiger partial charge in [0.05, 0.1) is 0 Å². The molecule has 1 rings (SSSR count). The van der Waals surface area contributed by atoms with E-state index >= 15 is 0 Å². The molecule has 0 heterocycles. The first-order valence-corrected chi connectivity index (χ1v) is 8.33. The summed E-state index contributed by atoms with van der Waals surface area (Å²) in [6.07, 6.45) is 3.42. The Hall–Kier alpha value is -0.670. The first kappa shape index (κ1) is 16.4. The average Bonchev–Trinajstić information content (AvgIpc) is 2.43. The maximum atomic E-state index is 9.32. The summed E-state index contributed by atoms with van der Waals surface area (Å²) in [6, 6.07) is 8.10. The molecule has 2 N–H and O–H groups in total. The Labute approximate surface area is 122 Å². The zero-order valence-corrected chi connectivity index (χ0v) is 13.2. The Morgan fingerprint density at radius 3 is 2.47 bits per heavy atom. The number of benzene rings is 1. The van der Waals surface area contributed by atoms with Crippen molar-refractivity contribution in [2.24, 2.45) is 0 Å². The summed E-state index contributed by atoms with van der Waals surface area (Å²) in [5.41, 5.74) is 1.29. The van der Waals surface area contributed by atoms with Crippen molar-refractivity contribution in [3.63, 3.8) is 0 Å². The van der Waals surface area contributed by atoms with Gasteiger partial charge in [0.15, 0.2) is 0 Å². The van der Waals surface area contributed by atoms with E-state index in [9.17, 15) is 5.11 Å². The fraction of sp³-hybridized carbons (Fsp3) is 0.625. The predicted octanol–water partition coefficient (Wildman–Crippen LogP) is 3.83. The number of hydrogen-bond donors (Lipinski definition) is 2. The molecule has 2 atom stereocenters. The number of hydrogen-bond acceptors (Lipinski definition) is 3. The van der Waals surface area contributed by atoms with Crippen LogP contribution >= 0.6 is 11.8 Å². The normalized spacial score (nSPS) is 14.3. The summed E-state index contributed by atoms with van der Waals surface area (Å²) in [7, 11) is 0. The van der Waals surface area contributed by atoms with Crippen LogP contribution in [0, 0.1) is 0 Å². The Bertz CT molecular complexity index is 339. The molecule has 0 saturated carbocycles. The molecule has 0 fully saturated rings. The highest BCUT2D eigenvalue weighted by atomic mass is 32.2. The summed E-state index contributed by atoms with van der Waals surface area (Å²) < 4.78 is 0. The molecule has 1 aromatic rings. The zero-order chi connectivity index (χ0) is 14.1. The molecule has 0 aliphatic carbocycles. The molecule has 0 bridgehead atoms. The standard InChI is InChI=1S/C16H27NOS/c1-4-10-17-15(12-19-13(3)5-2)11-14-6-8-16(18)9-7-14/h6-9,13,15,17-18H,4-5,10-12H2,1-3H3. The summed E-state index contributed by atoms with van der Waals surface area (Å²) in [5.74, 6) is 1.49. The second kappa shape index (κ2) is 9.27. The highest BCUT2D eigenvalue weighted by Gasteiger charge is 2.11. The second-order valence-corrected chi connectivity index (χ2v) is 6.55. The number of nitrogens with one attached hydrogen (secondary N) is 1. The molecule has 19 heavy (non-hydrogen) atoms. The van der Waals surface area contributed by atoms with Crippen molar-refractivity contribution in [2.45, 2.75) is 51.3 Å². The smallest absolute Gasteiger partial charge is 0.115 e. The third kappa shape index (κ3) is 6.88. The minimum absolute atomic E-state index is 0.343. The van der Waals surface area contributed by atoms with Crippen molar-refractivity contribution in [1.29, 1.82) is 0 Å². The molecule has 0 aliphatic rings. The summed E-state index contributed by atoms with van der Waals surface area (Å²) >= 11 is 2.05. The predicted molar refractivity (Wildman–Crippen MR) is 86.1 cm³/mol. The van der Waals surface area contributed by atoms with E-state index in [1.807, 2.05) is 23.9 Å². The molecular weight excluding hydrogens is 254 g/mol. The van der Waals surface area contributed by atoms with Gasteiger partial charge >= 0.3 is 0 Å².